The van der Waals surface area contributed by atoms with Gasteiger partial charge in [0, 0.05) is 18.4 Å². The second kappa shape index (κ2) is 8.92. The van der Waals surface area contributed by atoms with E-state index in [2.05, 4.69) is 5.32 Å². The number of rotatable bonds is 7. The van der Waals surface area contributed by atoms with E-state index in [1.54, 1.807) is 55.6 Å². The maximum atomic E-state index is 12.2. The fourth-order valence-corrected chi connectivity index (χ4v) is 2.22. The van der Waals surface area contributed by atoms with E-state index in [1.807, 2.05) is 0 Å². The van der Waals surface area contributed by atoms with Crippen LogP contribution < -0.4 is 5.32 Å². The Morgan fingerprint density at radius 3 is 2.08 bits per heavy atom. The number of amides is 1. The van der Waals surface area contributed by atoms with Gasteiger partial charge < -0.3 is 14.8 Å². The molecule has 0 saturated heterocycles. The van der Waals surface area contributed by atoms with Gasteiger partial charge in [0.1, 0.15) is 0 Å². The molecule has 2 aromatic rings. The van der Waals surface area contributed by atoms with Gasteiger partial charge in [0.15, 0.2) is 11.9 Å². The lowest BCUT2D eigenvalue weighted by atomic mass is 10.1. The number of ketones is 1. The minimum atomic E-state index is -0.964. The van der Waals surface area contributed by atoms with Crippen molar-refractivity contribution in [2.75, 3.05) is 12.4 Å². The minimum Gasteiger partial charge on any atom is -0.449 e. The van der Waals surface area contributed by atoms with Gasteiger partial charge in [0.25, 0.3) is 5.91 Å². The lowest BCUT2D eigenvalue weighted by molar-refractivity contribution is -0.123. The lowest BCUT2D eigenvalue weighted by Crippen LogP contribution is -2.30. The molecule has 0 aromatic heterocycles. The molecule has 2 rings (SSSR count). The number of hydrogen-bond donors (Lipinski definition) is 1. The Balaban J connectivity index is 1.93. The van der Waals surface area contributed by atoms with Crippen molar-refractivity contribution in [2.24, 2.45) is 0 Å². The van der Waals surface area contributed by atoms with Crippen LogP contribution >= 0.6 is 0 Å². The number of benzene rings is 2. The van der Waals surface area contributed by atoms with E-state index in [4.69, 9.17) is 9.47 Å². The molecule has 1 amide bonds. The lowest BCUT2D eigenvalue weighted by Gasteiger charge is -2.14. The molecule has 6 heteroatoms. The molecule has 0 heterocycles. The number of hydrogen-bond acceptors (Lipinski definition) is 5. The predicted molar refractivity (Wildman–Crippen MR) is 97.1 cm³/mol. The van der Waals surface area contributed by atoms with Gasteiger partial charge in [-0.15, -0.1) is 0 Å². The van der Waals surface area contributed by atoms with Crippen molar-refractivity contribution >= 4 is 23.3 Å². The number of esters is 1. The smallest absolute Gasteiger partial charge is 0.338 e. The number of methoxy groups -OCH3 is 1. The van der Waals surface area contributed by atoms with Crippen LogP contribution in [-0.4, -0.2) is 30.9 Å². The Hall–Kier alpha value is -2.99. The molecule has 2 aromatic carbocycles. The van der Waals surface area contributed by atoms with Crippen LogP contribution in [0.1, 0.15) is 40.1 Å². The molecule has 1 atom stereocenters. The molecule has 136 valence electrons. The third-order valence-electron chi connectivity index (χ3n) is 3.71. The zero-order valence-electron chi connectivity index (χ0n) is 14.9. The Bertz CT molecular complexity index is 781. The Morgan fingerprint density at radius 1 is 0.962 bits per heavy atom. The van der Waals surface area contributed by atoms with Crippen molar-refractivity contribution in [1.29, 1.82) is 0 Å². The molecule has 0 saturated carbocycles. The van der Waals surface area contributed by atoms with Crippen LogP contribution in [0.4, 0.5) is 5.69 Å². The molecule has 0 radical (unpaired) electrons. The van der Waals surface area contributed by atoms with Crippen molar-refractivity contribution in [3.05, 3.63) is 65.2 Å². The van der Waals surface area contributed by atoms with Crippen LogP contribution in [-0.2, 0) is 20.9 Å². The summed E-state index contributed by atoms with van der Waals surface area (Å²) < 4.78 is 10.2. The van der Waals surface area contributed by atoms with E-state index >= 15 is 0 Å². The number of ether oxygens (including phenoxy) is 2. The number of Topliss-reactive ketones (excluding diaryl/α,β-unsaturated/α-hetero) is 1. The van der Waals surface area contributed by atoms with Gasteiger partial charge in [-0.25, -0.2) is 4.79 Å². The van der Waals surface area contributed by atoms with Gasteiger partial charge >= 0.3 is 5.97 Å². The molecule has 0 aliphatic carbocycles. The van der Waals surface area contributed by atoms with Crippen LogP contribution in [0.2, 0.25) is 0 Å². The van der Waals surface area contributed by atoms with E-state index < -0.39 is 18.0 Å². The number of carbonyl (C=O) groups is 3. The van der Waals surface area contributed by atoms with Gasteiger partial charge in [-0.3, -0.25) is 9.59 Å². The van der Waals surface area contributed by atoms with Gasteiger partial charge in [-0.05, 0) is 55.8 Å². The van der Waals surface area contributed by atoms with Crippen molar-refractivity contribution in [3.8, 4) is 0 Å². The van der Waals surface area contributed by atoms with Gasteiger partial charge in [-0.1, -0.05) is 12.1 Å². The quantitative estimate of drug-likeness (QED) is 0.609. The summed E-state index contributed by atoms with van der Waals surface area (Å²) in [6.07, 6.45) is -0.964. The van der Waals surface area contributed by atoms with Crippen molar-refractivity contribution < 1.29 is 23.9 Å². The first-order valence-electron chi connectivity index (χ1n) is 8.11. The first-order chi connectivity index (χ1) is 12.4. The SMILES string of the molecule is COCc1ccc(C(=O)O[C@H](C)C(=O)Nc2ccc(C(C)=O)cc2)cc1. The van der Waals surface area contributed by atoms with Gasteiger partial charge in [0.05, 0.1) is 12.2 Å². The second-order valence-electron chi connectivity index (χ2n) is 5.80. The summed E-state index contributed by atoms with van der Waals surface area (Å²) in [5.74, 6) is -1.09. The normalized spacial score (nSPS) is 11.5. The first-order valence-corrected chi connectivity index (χ1v) is 8.11. The van der Waals surface area contributed by atoms with Crippen molar-refractivity contribution in [3.63, 3.8) is 0 Å². The number of carbonyl (C=O) groups excluding carboxylic acids is 3. The van der Waals surface area contributed by atoms with Crippen LogP contribution in [0, 0.1) is 0 Å². The Kier molecular flexibility index (Phi) is 6.63. The average Bonchev–Trinajstić information content (AvgIpc) is 2.63. The largest absolute Gasteiger partial charge is 0.449 e. The van der Waals surface area contributed by atoms with E-state index in [1.165, 1.54) is 13.8 Å². The highest BCUT2D eigenvalue weighted by Crippen LogP contribution is 2.12. The summed E-state index contributed by atoms with van der Waals surface area (Å²) in [6.45, 7) is 3.42. The third-order valence-corrected chi connectivity index (χ3v) is 3.71. The highest BCUT2D eigenvalue weighted by Gasteiger charge is 2.19. The van der Waals surface area contributed by atoms with E-state index in [0.29, 0.717) is 23.4 Å². The fraction of sp³-hybridized carbons (Fsp3) is 0.250. The van der Waals surface area contributed by atoms with E-state index in [-0.39, 0.29) is 5.78 Å². The predicted octanol–water partition coefficient (Wildman–Crippen LogP) is 3.22. The second-order valence-corrected chi connectivity index (χ2v) is 5.80. The van der Waals surface area contributed by atoms with Crippen molar-refractivity contribution in [1.82, 2.24) is 0 Å². The zero-order valence-corrected chi connectivity index (χ0v) is 14.9. The van der Waals surface area contributed by atoms with Crippen LogP contribution in [0.3, 0.4) is 0 Å². The standard InChI is InChI=1S/C20H21NO5/c1-13(22)16-8-10-18(11-9-16)21-19(23)14(2)26-20(24)17-6-4-15(5-7-17)12-25-3/h4-11,14H,12H2,1-3H3,(H,21,23)/t14-/m1/s1. The first kappa shape index (κ1) is 19.3. The molecule has 26 heavy (non-hydrogen) atoms. The summed E-state index contributed by atoms with van der Waals surface area (Å²) in [6, 6.07) is 13.3. The topological polar surface area (TPSA) is 81.7 Å². The minimum absolute atomic E-state index is 0.0540. The van der Waals surface area contributed by atoms with E-state index in [0.717, 1.165) is 5.56 Å². The molecular weight excluding hydrogens is 334 g/mol. The maximum Gasteiger partial charge on any atom is 0.338 e. The molecular formula is C20H21NO5. The number of anilines is 1. The fourth-order valence-electron chi connectivity index (χ4n) is 2.22. The average molecular weight is 355 g/mol. The Labute approximate surface area is 152 Å². The van der Waals surface area contributed by atoms with Crippen LogP contribution in [0.5, 0.6) is 0 Å². The molecule has 1 N–H and O–H groups in total. The highest BCUT2D eigenvalue weighted by molar-refractivity contribution is 5.98. The molecule has 0 spiro atoms. The summed E-state index contributed by atoms with van der Waals surface area (Å²) in [5, 5.41) is 2.65. The number of nitrogens with one attached hydrogen (secondary N) is 1. The molecule has 0 aliphatic rings. The summed E-state index contributed by atoms with van der Waals surface area (Å²) >= 11 is 0. The molecule has 0 fully saturated rings. The Morgan fingerprint density at radius 2 is 1.54 bits per heavy atom. The molecule has 6 nitrogen and oxygen atoms in total. The van der Waals surface area contributed by atoms with Gasteiger partial charge in [0.2, 0.25) is 0 Å². The maximum absolute atomic E-state index is 12.2. The molecule has 0 aliphatic heterocycles. The summed E-state index contributed by atoms with van der Waals surface area (Å²) in [4.78, 5) is 35.5. The van der Waals surface area contributed by atoms with Crippen LogP contribution in [0.15, 0.2) is 48.5 Å². The zero-order chi connectivity index (χ0) is 19.1. The van der Waals surface area contributed by atoms with E-state index in [9.17, 15) is 14.4 Å². The monoisotopic (exact) mass is 355 g/mol. The van der Waals surface area contributed by atoms with Gasteiger partial charge in [-0.2, -0.15) is 0 Å². The highest BCUT2D eigenvalue weighted by atomic mass is 16.5. The summed E-state index contributed by atoms with van der Waals surface area (Å²) in [7, 11) is 1.59. The van der Waals surface area contributed by atoms with Crippen LogP contribution in [0.25, 0.3) is 0 Å². The summed E-state index contributed by atoms with van der Waals surface area (Å²) in [5.41, 5.74) is 2.37. The van der Waals surface area contributed by atoms with Crippen molar-refractivity contribution in [2.45, 2.75) is 26.6 Å². The third kappa shape index (κ3) is 5.26. The molecule has 0 bridgehead atoms. The molecule has 0 unspecified atom stereocenters.